The molecule has 9 nitrogen and oxygen atoms in total. The second-order valence-electron chi connectivity index (χ2n) is 8.16. The van der Waals surface area contributed by atoms with Crippen LogP contribution in [0.5, 0.6) is 11.5 Å². The second-order valence-corrected chi connectivity index (χ2v) is 8.16. The standard InChI is InChI=1S/C19H21F2N7O2/c20-19(21)29-13-4-3-11-15(16(13)30-19)25-18(22)28-17(11)24-14(26-28)5-7-27-8-10-2-1-6-23-12(10)9-27/h3-4,10,12,23H,1-2,5-9H2,(H2,22,25)/t10-,12+/m1/s1. The summed E-state index contributed by atoms with van der Waals surface area (Å²) in [4.78, 5) is 11.3. The topological polar surface area (TPSA) is 103 Å². The van der Waals surface area contributed by atoms with E-state index in [1.807, 2.05) is 0 Å². The minimum atomic E-state index is -3.72. The largest absolute Gasteiger partial charge is 0.586 e. The molecular formula is C19H21F2N7O2. The number of anilines is 1. The summed E-state index contributed by atoms with van der Waals surface area (Å²) >= 11 is 0. The van der Waals surface area contributed by atoms with Gasteiger partial charge in [0.1, 0.15) is 5.52 Å². The molecule has 0 bridgehead atoms. The van der Waals surface area contributed by atoms with Gasteiger partial charge in [0.25, 0.3) is 0 Å². The van der Waals surface area contributed by atoms with E-state index in [9.17, 15) is 8.78 Å². The molecule has 0 spiro atoms. The van der Waals surface area contributed by atoms with Crippen LogP contribution in [0.25, 0.3) is 16.6 Å². The molecule has 3 N–H and O–H groups in total. The van der Waals surface area contributed by atoms with Crippen molar-refractivity contribution in [3.8, 4) is 11.5 Å². The van der Waals surface area contributed by atoms with Crippen molar-refractivity contribution in [1.29, 1.82) is 0 Å². The van der Waals surface area contributed by atoms with E-state index in [1.54, 1.807) is 6.07 Å². The van der Waals surface area contributed by atoms with Gasteiger partial charge in [0.05, 0.1) is 0 Å². The number of ether oxygens (including phenoxy) is 2. The molecule has 0 radical (unpaired) electrons. The first-order valence-corrected chi connectivity index (χ1v) is 10.2. The summed E-state index contributed by atoms with van der Waals surface area (Å²) in [7, 11) is 0. The van der Waals surface area contributed by atoms with E-state index >= 15 is 0 Å². The van der Waals surface area contributed by atoms with Gasteiger partial charge in [-0.15, -0.1) is 13.9 Å². The Morgan fingerprint density at radius 2 is 2.13 bits per heavy atom. The highest BCUT2D eigenvalue weighted by Crippen LogP contribution is 2.45. The Morgan fingerprint density at radius 3 is 3.00 bits per heavy atom. The lowest BCUT2D eigenvalue weighted by Gasteiger charge is -2.24. The van der Waals surface area contributed by atoms with E-state index in [0.717, 1.165) is 32.1 Å². The molecule has 5 heterocycles. The molecule has 3 aliphatic rings. The van der Waals surface area contributed by atoms with Gasteiger partial charge in [0.2, 0.25) is 5.95 Å². The minimum Gasteiger partial charge on any atom is -0.395 e. The molecule has 0 amide bonds. The molecule has 30 heavy (non-hydrogen) atoms. The Kier molecular flexibility index (Phi) is 3.81. The first-order chi connectivity index (χ1) is 14.5. The first-order valence-electron chi connectivity index (χ1n) is 10.2. The van der Waals surface area contributed by atoms with Crippen molar-refractivity contribution in [2.75, 3.05) is 31.9 Å². The highest BCUT2D eigenvalue weighted by Gasteiger charge is 2.45. The fourth-order valence-electron chi connectivity index (χ4n) is 4.82. The van der Waals surface area contributed by atoms with Crippen LogP contribution in [0.1, 0.15) is 18.7 Å². The molecule has 2 aromatic heterocycles. The van der Waals surface area contributed by atoms with Gasteiger partial charge in [-0.05, 0) is 37.4 Å². The average Bonchev–Trinajstić information content (AvgIpc) is 3.39. The zero-order valence-corrected chi connectivity index (χ0v) is 16.1. The summed E-state index contributed by atoms with van der Waals surface area (Å²) in [6.07, 6.45) is -0.526. The average molecular weight is 417 g/mol. The molecule has 2 fully saturated rings. The molecule has 11 heteroatoms. The predicted molar refractivity (Wildman–Crippen MR) is 104 cm³/mol. The maximum atomic E-state index is 13.5. The Labute approximate surface area is 170 Å². The molecule has 0 unspecified atom stereocenters. The summed E-state index contributed by atoms with van der Waals surface area (Å²) < 4.78 is 37.6. The van der Waals surface area contributed by atoms with Gasteiger partial charge in [0, 0.05) is 37.5 Å². The van der Waals surface area contributed by atoms with Crippen LogP contribution < -0.4 is 20.5 Å². The number of nitrogens with two attached hydrogens (primary N) is 1. The fraction of sp³-hybridized carbons (Fsp3) is 0.526. The molecule has 2 atom stereocenters. The fourth-order valence-corrected chi connectivity index (χ4v) is 4.82. The highest BCUT2D eigenvalue weighted by molar-refractivity contribution is 5.97. The van der Waals surface area contributed by atoms with Crippen molar-refractivity contribution < 1.29 is 18.3 Å². The van der Waals surface area contributed by atoms with Crippen LogP contribution in [0.15, 0.2) is 12.1 Å². The third-order valence-electron chi connectivity index (χ3n) is 6.21. The van der Waals surface area contributed by atoms with Gasteiger partial charge in [-0.3, -0.25) is 0 Å². The lowest BCUT2D eigenvalue weighted by Crippen LogP contribution is -2.40. The third kappa shape index (κ3) is 2.83. The van der Waals surface area contributed by atoms with Crippen molar-refractivity contribution in [1.82, 2.24) is 29.8 Å². The smallest absolute Gasteiger partial charge is 0.395 e. The van der Waals surface area contributed by atoms with Crippen LogP contribution >= 0.6 is 0 Å². The van der Waals surface area contributed by atoms with E-state index in [-0.39, 0.29) is 23.0 Å². The number of nitrogen functional groups attached to an aromatic ring is 1. The first kappa shape index (κ1) is 18.0. The molecule has 0 aliphatic carbocycles. The highest BCUT2D eigenvalue weighted by atomic mass is 19.3. The van der Waals surface area contributed by atoms with Crippen LogP contribution in [0.3, 0.4) is 0 Å². The quantitative estimate of drug-likeness (QED) is 0.660. The number of hydrogen-bond acceptors (Lipinski definition) is 8. The molecule has 0 saturated carbocycles. The summed E-state index contributed by atoms with van der Waals surface area (Å²) in [5, 5.41) is 8.63. The van der Waals surface area contributed by atoms with E-state index in [4.69, 9.17) is 5.73 Å². The van der Waals surface area contributed by atoms with Gasteiger partial charge in [-0.25, -0.2) is 9.97 Å². The Hall–Kier alpha value is -2.79. The number of rotatable bonds is 3. The van der Waals surface area contributed by atoms with E-state index in [0.29, 0.717) is 29.3 Å². The normalized spacial score (nSPS) is 25.3. The predicted octanol–water partition coefficient (Wildman–Crippen LogP) is 1.41. The van der Waals surface area contributed by atoms with Crippen molar-refractivity contribution in [3.63, 3.8) is 0 Å². The maximum absolute atomic E-state index is 13.5. The summed E-state index contributed by atoms with van der Waals surface area (Å²) in [5.74, 6) is 1.21. The van der Waals surface area contributed by atoms with Crippen LogP contribution in [0.4, 0.5) is 14.7 Å². The number of alkyl halides is 2. The van der Waals surface area contributed by atoms with Crippen molar-refractivity contribution in [3.05, 3.63) is 18.0 Å². The molecular weight excluding hydrogens is 396 g/mol. The van der Waals surface area contributed by atoms with Gasteiger partial charge < -0.3 is 25.4 Å². The monoisotopic (exact) mass is 417 g/mol. The van der Waals surface area contributed by atoms with Crippen LogP contribution in [-0.4, -0.2) is 63.0 Å². The number of likely N-dealkylation sites (tertiary alicyclic amines) is 1. The third-order valence-corrected chi connectivity index (χ3v) is 6.21. The van der Waals surface area contributed by atoms with Crippen LogP contribution in [0, 0.1) is 5.92 Å². The lowest BCUT2D eigenvalue weighted by molar-refractivity contribution is -0.286. The number of benzene rings is 1. The number of fused-ring (bicyclic) bond motifs is 6. The van der Waals surface area contributed by atoms with Gasteiger partial charge in [-0.2, -0.15) is 4.52 Å². The zero-order valence-electron chi connectivity index (χ0n) is 16.1. The van der Waals surface area contributed by atoms with E-state index in [1.165, 1.54) is 23.4 Å². The molecule has 2 saturated heterocycles. The number of piperidine rings is 1. The lowest BCUT2D eigenvalue weighted by atomic mass is 9.94. The second kappa shape index (κ2) is 6.35. The Bertz CT molecular complexity index is 1140. The van der Waals surface area contributed by atoms with Gasteiger partial charge in [0.15, 0.2) is 23.0 Å². The van der Waals surface area contributed by atoms with Crippen molar-refractivity contribution in [2.24, 2.45) is 5.92 Å². The summed E-state index contributed by atoms with van der Waals surface area (Å²) in [6, 6.07) is 3.62. The minimum absolute atomic E-state index is 0.0554. The molecule has 6 rings (SSSR count). The number of nitrogens with zero attached hydrogens (tertiary/aromatic N) is 5. The van der Waals surface area contributed by atoms with Crippen molar-refractivity contribution >= 4 is 22.5 Å². The Balaban J connectivity index is 1.29. The Morgan fingerprint density at radius 1 is 1.23 bits per heavy atom. The van der Waals surface area contributed by atoms with Gasteiger partial charge >= 0.3 is 6.29 Å². The van der Waals surface area contributed by atoms with E-state index in [2.05, 4.69) is 34.8 Å². The number of hydrogen-bond donors (Lipinski definition) is 2. The molecule has 158 valence electrons. The SMILES string of the molecule is Nc1nc2c3c(ccc2c2nc(CCN4C[C@H]5CCCN[C@H]5C4)nn12)OC(F)(F)O3. The maximum Gasteiger partial charge on any atom is 0.586 e. The van der Waals surface area contributed by atoms with Gasteiger partial charge in [-0.1, -0.05) is 0 Å². The number of nitrogens with one attached hydrogen (secondary N) is 1. The van der Waals surface area contributed by atoms with E-state index < -0.39 is 6.29 Å². The van der Waals surface area contributed by atoms with Crippen molar-refractivity contribution in [2.45, 2.75) is 31.6 Å². The zero-order chi connectivity index (χ0) is 20.5. The summed E-state index contributed by atoms with van der Waals surface area (Å²) in [5.41, 5.74) is 6.69. The number of aromatic nitrogens is 4. The number of halogens is 2. The molecule has 3 aromatic rings. The molecule has 1 aromatic carbocycles. The van der Waals surface area contributed by atoms with Crippen LogP contribution in [-0.2, 0) is 6.42 Å². The van der Waals surface area contributed by atoms with Crippen LogP contribution in [0.2, 0.25) is 0 Å². The summed E-state index contributed by atoms with van der Waals surface area (Å²) in [6.45, 7) is 4.10. The molecule has 3 aliphatic heterocycles.